The monoisotopic (exact) mass is 656 g/mol. The van der Waals surface area contributed by atoms with Gasteiger partial charge < -0.3 is 0 Å². The number of benzene rings is 1. The van der Waals surface area contributed by atoms with Crippen molar-refractivity contribution in [2.45, 2.75) is 16.8 Å². The summed E-state index contributed by atoms with van der Waals surface area (Å²) < 4.78 is 58.1. The summed E-state index contributed by atoms with van der Waals surface area (Å²) in [5.41, 5.74) is 1.10. The maximum atomic E-state index is 13.9. The van der Waals surface area contributed by atoms with Crippen molar-refractivity contribution in [1.82, 2.24) is 17.9 Å². The van der Waals surface area contributed by atoms with Crippen LogP contribution in [0.3, 0.4) is 0 Å². The third kappa shape index (κ3) is 3.50. The predicted molar refractivity (Wildman–Crippen MR) is 136 cm³/mol. The van der Waals surface area contributed by atoms with E-state index in [0.29, 0.717) is 15.2 Å². The van der Waals surface area contributed by atoms with E-state index < -0.39 is 25.1 Å². The van der Waals surface area contributed by atoms with Gasteiger partial charge in [0.2, 0.25) is 0 Å². The molecule has 33 heavy (non-hydrogen) atoms. The van der Waals surface area contributed by atoms with Gasteiger partial charge in [-0.25, -0.2) is 26.3 Å². The molecule has 0 fully saturated rings. The number of aromatic nitrogens is 4. The largest absolute Gasteiger partial charge is 0.287 e. The van der Waals surface area contributed by atoms with Gasteiger partial charge in [0, 0.05) is 33.8 Å². The summed E-state index contributed by atoms with van der Waals surface area (Å²) in [6, 6.07) is 12.9. The van der Waals surface area contributed by atoms with Crippen LogP contribution in [-0.2, 0) is 20.0 Å². The van der Waals surface area contributed by atoms with E-state index in [-0.39, 0.29) is 19.8 Å². The highest BCUT2D eigenvalue weighted by atomic mass is 127. The van der Waals surface area contributed by atoms with Crippen molar-refractivity contribution in [3.05, 3.63) is 80.7 Å². The van der Waals surface area contributed by atoms with Crippen LogP contribution in [0.1, 0.15) is 5.56 Å². The second kappa shape index (κ2) is 7.89. The zero-order chi connectivity index (χ0) is 23.5. The normalized spacial score (nSPS) is 12.6. The van der Waals surface area contributed by atoms with Gasteiger partial charge in [-0.05, 0) is 81.8 Å². The van der Waals surface area contributed by atoms with E-state index >= 15 is 0 Å². The van der Waals surface area contributed by atoms with Gasteiger partial charge >= 0.3 is 0 Å². The molecule has 0 saturated carbocycles. The Balaban J connectivity index is 1.90. The Morgan fingerprint density at radius 1 is 0.939 bits per heavy atom. The summed E-state index contributed by atoms with van der Waals surface area (Å²) in [5, 5.41) is 0.608. The van der Waals surface area contributed by atoms with Crippen molar-refractivity contribution in [3.63, 3.8) is 0 Å². The Bertz CT molecular complexity index is 1780. The van der Waals surface area contributed by atoms with Crippen LogP contribution in [0.4, 0.5) is 0 Å². The van der Waals surface area contributed by atoms with E-state index in [1.165, 1.54) is 30.7 Å². The van der Waals surface area contributed by atoms with Gasteiger partial charge in [0.05, 0.1) is 8.47 Å². The molecule has 12 heteroatoms. The molecular formula is C21H14BrIN4O4S2. The van der Waals surface area contributed by atoms with E-state index in [2.05, 4.69) is 25.9 Å². The van der Waals surface area contributed by atoms with Crippen molar-refractivity contribution in [1.29, 1.82) is 0 Å². The second-order valence-electron chi connectivity index (χ2n) is 7.26. The van der Waals surface area contributed by atoms with Crippen LogP contribution in [0.15, 0.2) is 81.5 Å². The predicted octanol–water partition coefficient (Wildman–Crippen LogP) is 4.54. The first-order valence-corrected chi connectivity index (χ1v) is 14.2. The lowest BCUT2D eigenvalue weighted by molar-refractivity contribution is 0.569. The van der Waals surface area contributed by atoms with Gasteiger partial charge in [0.25, 0.3) is 20.0 Å². The first-order chi connectivity index (χ1) is 15.6. The maximum absolute atomic E-state index is 13.9. The Morgan fingerprint density at radius 2 is 1.67 bits per heavy atom. The third-order valence-corrected chi connectivity index (χ3v) is 10.5. The number of hydrogen-bond acceptors (Lipinski definition) is 6. The Labute approximate surface area is 211 Å². The summed E-state index contributed by atoms with van der Waals surface area (Å²) in [7, 11) is -8.69. The highest BCUT2D eigenvalue weighted by molar-refractivity contribution is 14.1. The zero-order valence-corrected chi connectivity index (χ0v) is 22.2. The molecule has 4 heterocycles. The molecule has 0 amide bonds. The first kappa shape index (κ1) is 22.5. The molecule has 0 saturated heterocycles. The van der Waals surface area contributed by atoms with Crippen LogP contribution >= 0.6 is 38.5 Å². The molecule has 4 aromatic heterocycles. The molecule has 0 radical (unpaired) electrons. The summed E-state index contributed by atoms with van der Waals surface area (Å²) in [4.78, 5) is 8.42. The minimum atomic E-state index is -4.38. The molecule has 168 valence electrons. The lowest BCUT2D eigenvalue weighted by atomic mass is 10.2. The summed E-state index contributed by atoms with van der Waals surface area (Å²) >= 11 is 5.19. The minimum Gasteiger partial charge on any atom is -0.237 e. The van der Waals surface area contributed by atoms with Gasteiger partial charge in [0.15, 0.2) is 16.3 Å². The van der Waals surface area contributed by atoms with E-state index in [9.17, 15) is 16.8 Å². The molecule has 5 rings (SSSR count). The maximum Gasteiger partial charge on any atom is 0.287 e. The van der Waals surface area contributed by atoms with E-state index in [4.69, 9.17) is 0 Å². The van der Waals surface area contributed by atoms with Crippen LogP contribution in [0.2, 0.25) is 0 Å². The van der Waals surface area contributed by atoms with Crippen molar-refractivity contribution in [3.8, 4) is 0 Å². The second-order valence-corrected chi connectivity index (χ2v) is 12.8. The Morgan fingerprint density at radius 3 is 2.39 bits per heavy atom. The quantitative estimate of drug-likeness (QED) is 0.263. The van der Waals surface area contributed by atoms with Gasteiger partial charge in [-0.2, -0.15) is 8.42 Å². The first-order valence-electron chi connectivity index (χ1n) is 9.48. The zero-order valence-electron chi connectivity index (χ0n) is 16.8. The SMILES string of the molecule is Cc1ccc(S(=O)(=O)n2c(S(=O)(=O)n3ccc4cccnc43)c(I)c3cc(Br)cnc32)cc1. The van der Waals surface area contributed by atoms with E-state index in [1.807, 2.05) is 29.5 Å². The van der Waals surface area contributed by atoms with Gasteiger partial charge in [0.1, 0.15) is 0 Å². The average molecular weight is 657 g/mol. The number of rotatable bonds is 4. The highest BCUT2D eigenvalue weighted by Crippen LogP contribution is 2.36. The third-order valence-electron chi connectivity index (χ3n) is 5.11. The van der Waals surface area contributed by atoms with Crippen molar-refractivity contribution >= 4 is 80.6 Å². The van der Waals surface area contributed by atoms with Gasteiger partial charge in [-0.15, -0.1) is 0 Å². The fourth-order valence-corrected chi connectivity index (χ4v) is 8.88. The molecule has 0 aliphatic heterocycles. The number of halogens is 2. The average Bonchev–Trinajstić information content (AvgIpc) is 3.34. The number of aryl methyl sites for hydroxylation is 1. The van der Waals surface area contributed by atoms with Crippen LogP contribution in [0.25, 0.3) is 22.1 Å². The Hall–Kier alpha value is -2.29. The summed E-state index contributed by atoms with van der Waals surface area (Å²) in [5.74, 6) is 0. The summed E-state index contributed by atoms with van der Waals surface area (Å²) in [6.07, 6.45) is 4.28. The molecule has 0 aliphatic carbocycles. The minimum absolute atomic E-state index is 0.0196. The topological polar surface area (TPSA) is 104 Å². The van der Waals surface area contributed by atoms with Crippen LogP contribution in [0, 0.1) is 10.5 Å². The van der Waals surface area contributed by atoms with E-state index in [1.54, 1.807) is 36.4 Å². The molecule has 0 atom stereocenters. The number of hydrogen-bond donors (Lipinski definition) is 0. The molecule has 0 spiro atoms. The molecule has 0 N–H and O–H groups in total. The van der Waals surface area contributed by atoms with E-state index in [0.717, 1.165) is 13.5 Å². The molecule has 5 aromatic rings. The van der Waals surface area contributed by atoms with Crippen molar-refractivity contribution in [2.75, 3.05) is 0 Å². The fourth-order valence-electron chi connectivity index (χ4n) is 3.54. The van der Waals surface area contributed by atoms with Crippen molar-refractivity contribution in [2.24, 2.45) is 0 Å². The lowest BCUT2D eigenvalue weighted by Gasteiger charge is -2.13. The molecule has 0 unspecified atom stereocenters. The van der Waals surface area contributed by atoms with Crippen LogP contribution in [0.5, 0.6) is 0 Å². The standard InChI is InChI=1S/C21H14BrIN4O4S2/c1-13-4-6-16(7-5-13)32(28,29)27-20-17(11-15(22)12-25-20)18(23)21(27)33(30,31)26-10-8-14-3-2-9-24-19(14)26/h2-12H,1H3. The molecular weight excluding hydrogens is 643 g/mol. The lowest BCUT2D eigenvalue weighted by Crippen LogP contribution is -2.23. The molecule has 1 aromatic carbocycles. The fraction of sp³-hybridized carbons (Fsp3) is 0.0476. The molecule has 0 bridgehead atoms. The summed E-state index contributed by atoms with van der Waals surface area (Å²) in [6.45, 7) is 1.84. The molecule has 0 aliphatic rings. The Kier molecular flexibility index (Phi) is 5.38. The smallest absolute Gasteiger partial charge is 0.237 e. The van der Waals surface area contributed by atoms with Gasteiger partial charge in [-0.3, -0.25) is 0 Å². The number of pyridine rings is 2. The number of fused-ring (bicyclic) bond motifs is 2. The van der Waals surface area contributed by atoms with Crippen LogP contribution < -0.4 is 0 Å². The van der Waals surface area contributed by atoms with Crippen LogP contribution in [-0.4, -0.2) is 34.7 Å². The van der Waals surface area contributed by atoms with Crippen molar-refractivity contribution < 1.29 is 16.8 Å². The number of nitrogens with zero attached hydrogens (tertiary/aromatic N) is 4. The molecule has 8 nitrogen and oxygen atoms in total. The van der Waals surface area contributed by atoms with Gasteiger partial charge in [-0.1, -0.05) is 17.7 Å². The highest BCUT2D eigenvalue weighted by Gasteiger charge is 2.36.